The molecule has 0 unspecified atom stereocenters. The molecule has 1 heterocycles. The zero-order valence-electron chi connectivity index (χ0n) is 19.8. The van der Waals surface area contributed by atoms with E-state index in [2.05, 4.69) is 34.3 Å². The number of hydrogen-bond acceptors (Lipinski definition) is 6. The van der Waals surface area contributed by atoms with E-state index in [-0.39, 0.29) is 18.4 Å². The van der Waals surface area contributed by atoms with Crippen molar-refractivity contribution in [1.29, 1.82) is 0 Å². The maximum absolute atomic E-state index is 11.5. The fourth-order valence-electron chi connectivity index (χ4n) is 4.09. The minimum Gasteiger partial charge on any atom is -0.493 e. The molecule has 0 saturated heterocycles. The Labute approximate surface area is 198 Å². The summed E-state index contributed by atoms with van der Waals surface area (Å²) in [5.41, 5.74) is 10.2. The molecule has 0 saturated carbocycles. The number of carbonyl (C=O) groups excluding carboxylic acids is 1. The number of anilines is 1. The standard InChI is InChI=1S/C27H28N4O3/c1-16(18-9-7-10-19(12-18)21-11-6-5-8-20(21)13-26(28)32)29-27-22-14-24(33-3)25(34-4)15-23(22)30-17(2)31-27/h5-12,14-16H,13H2,1-4H3,(H2,28,32)(H,29,30,31)/t16-/m1/s1. The van der Waals surface area contributed by atoms with Crippen LogP contribution in [0.15, 0.2) is 60.7 Å². The molecule has 3 N–H and O–H groups in total. The molecule has 4 rings (SSSR count). The van der Waals surface area contributed by atoms with Crippen molar-refractivity contribution in [1.82, 2.24) is 9.97 Å². The van der Waals surface area contributed by atoms with Gasteiger partial charge in [0.2, 0.25) is 5.91 Å². The van der Waals surface area contributed by atoms with Crippen molar-refractivity contribution in [3.63, 3.8) is 0 Å². The van der Waals surface area contributed by atoms with E-state index in [0.717, 1.165) is 39.0 Å². The lowest BCUT2D eigenvalue weighted by Gasteiger charge is -2.19. The van der Waals surface area contributed by atoms with Crippen molar-refractivity contribution in [2.75, 3.05) is 19.5 Å². The Kier molecular flexibility index (Phi) is 6.63. The van der Waals surface area contributed by atoms with E-state index in [4.69, 9.17) is 15.2 Å². The van der Waals surface area contributed by atoms with Gasteiger partial charge in [-0.1, -0.05) is 42.5 Å². The van der Waals surface area contributed by atoms with Crippen LogP contribution < -0.4 is 20.5 Å². The number of rotatable bonds is 8. The molecule has 0 radical (unpaired) electrons. The Morgan fingerprint density at radius 1 is 1.00 bits per heavy atom. The summed E-state index contributed by atoms with van der Waals surface area (Å²) in [7, 11) is 3.21. The van der Waals surface area contributed by atoms with Crippen LogP contribution in [-0.2, 0) is 11.2 Å². The molecule has 1 atom stereocenters. The zero-order chi connectivity index (χ0) is 24.2. The average molecular weight is 457 g/mol. The predicted octanol–water partition coefficient (Wildman–Crippen LogP) is 4.82. The number of benzene rings is 3. The summed E-state index contributed by atoms with van der Waals surface area (Å²) >= 11 is 0. The van der Waals surface area contributed by atoms with E-state index in [9.17, 15) is 4.79 Å². The van der Waals surface area contributed by atoms with Crippen LogP contribution in [0.4, 0.5) is 5.82 Å². The highest BCUT2D eigenvalue weighted by atomic mass is 16.5. The third kappa shape index (κ3) is 4.78. The summed E-state index contributed by atoms with van der Waals surface area (Å²) in [4.78, 5) is 20.8. The molecule has 1 amide bonds. The molecule has 174 valence electrons. The predicted molar refractivity (Wildman–Crippen MR) is 134 cm³/mol. The van der Waals surface area contributed by atoms with Gasteiger partial charge in [0.15, 0.2) is 11.5 Å². The SMILES string of the molecule is COc1cc2nc(C)nc(N[C@H](C)c3cccc(-c4ccccc4CC(N)=O)c3)c2cc1OC. The fraction of sp³-hybridized carbons (Fsp3) is 0.222. The maximum atomic E-state index is 11.5. The summed E-state index contributed by atoms with van der Waals surface area (Å²) in [5.74, 6) is 2.26. The number of primary amides is 1. The molecule has 7 nitrogen and oxygen atoms in total. The second-order valence-electron chi connectivity index (χ2n) is 8.14. The summed E-state index contributed by atoms with van der Waals surface area (Å²) in [6.45, 7) is 3.95. The molecule has 0 aliphatic rings. The van der Waals surface area contributed by atoms with Crippen LogP contribution in [0.3, 0.4) is 0 Å². The van der Waals surface area contributed by atoms with Crippen LogP contribution in [0, 0.1) is 6.92 Å². The number of ether oxygens (including phenoxy) is 2. The van der Waals surface area contributed by atoms with Crippen LogP contribution in [0.5, 0.6) is 11.5 Å². The van der Waals surface area contributed by atoms with Crippen molar-refractivity contribution < 1.29 is 14.3 Å². The van der Waals surface area contributed by atoms with Gasteiger partial charge in [-0.2, -0.15) is 0 Å². The van der Waals surface area contributed by atoms with Gasteiger partial charge in [-0.25, -0.2) is 9.97 Å². The van der Waals surface area contributed by atoms with Crippen molar-refractivity contribution in [2.24, 2.45) is 5.73 Å². The average Bonchev–Trinajstić information content (AvgIpc) is 2.83. The first-order valence-corrected chi connectivity index (χ1v) is 11.0. The summed E-state index contributed by atoms with van der Waals surface area (Å²) in [6, 6.07) is 19.8. The zero-order valence-corrected chi connectivity index (χ0v) is 19.8. The van der Waals surface area contributed by atoms with Crippen molar-refractivity contribution in [2.45, 2.75) is 26.3 Å². The number of fused-ring (bicyclic) bond motifs is 1. The second kappa shape index (κ2) is 9.79. The largest absolute Gasteiger partial charge is 0.493 e. The molecule has 0 aliphatic carbocycles. The first kappa shape index (κ1) is 23.0. The van der Waals surface area contributed by atoms with Gasteiger partial charge in [-0.05, 0) is 48.2 Å². The minimum absolute atomic E-state index is 0.0474. The Morgan fingerprint density at radius 2 is 1.74 bits per heavy atom. The lowest BCUT2D eigenvalue weighted by atomic mass is 9.95. The molecular weight excluding hydrogens is 428 g/mol. The molecule has 4 aromatic rings. The van der Waals surface area contributed by atoms with Crippen LogP contribution >= 0.6 is 0 Å². The fourth-order valence-corrected chi connectivity index (χ4v) is 4.09. The van der Waals surface area contributed by atoms with E-state index in [1.54, 1.807) is 14.2 Å². The number of nitrogens with one attached hydrogen (secondary N) is 1. The highest BCUT2D eigenvalue weighted by Crippen LogP contribution is 2.35. The van der Waals surface area contributed by atoms with Gasteiger partial charge < -0.3 is 20.5 Å². The Balaban J connectivity index is 1.70. The Hall–Kier alpha value is -4.13. The number of amides is 1. The normalized spacial score (nSPS) is 11.8. The van der Waals surface area contributed by atoms with E-state index < -0.39 is 0 Å². The maximum Gasteiger partial charge on any atom is 0.221 e. The molecule has 0 aliphatic heterocycles. The lowest BCUT2D eigenvalue weighted by molar-refractivity contribution is -0.117. The van der Waals surface area contributed by atoms with E-state index in [1.165, 1.54) is 0 Å². The molecule has 3 aromatic carbocycles. The number of carbonyl (C=O) groups is 1. The van der Waals surface area contributed by atoms with Gasteiger partial charge in [0.25, 0.3) is 0 Å². The van der Waals surface area contributed by atoms with Gasteiger partial charge in [0.1, 0.15) is 11.6 Å². The number of hydrogen-bond donors (Lipinski definition) is 2. The number of aryl methyl sites for hydroxylation is 1. The molecular formula is C27H28N4O3. The van der Waals surface area contributed by atoms with Gasteiger partial charge in [-0.15, -0.1) is 0 Å². The first-order valence-electron chi connectivity index (χ1n) is 11.0. The molecule has 0 spiro atoms. The van der Waals surface area contributed by atoms with E-state index in [1.807, 2.05) is 55.5 Å². The van der Waals surface area contributed by atoms with Gasteiger partial charge >= 0.3 is 0 Å². The molecule has 0 bridgehead atoms. The minimum atomic E-state index is -0.350. The monoisotopic (exact) mass is 456 g/mol. The molecule has 1 aromatic heterocycles. The Morgan fingerprint density at radius 3 is 2.47 bits per heavy atom. The number of methoxy groups -OCH3 is 2. The Bertz CT molecular complexity index is 1350. The van der Waals surface area contributed by atoms with Crippen molar-refractivity contribution in [3.05, 3.63) is 77.6 Å². The van der Waals surface area contributed by atoms with Gasteiger partial charge in [0.05, 0.1) is 26.2 Å². The first-order chi connectivity index (χ1) is 16.4. The summed E-state index contributed by atoms with van der Waals surface area (Å²) in [5, 5.41) is 4.38. The highest BCUT2D eigenvalue weighted by molar-refractivity contribution is 5.92. The van der Waals surface area contributed by atoms with E-state index >= 15 is 0 Å². The number of nitrogens with zero attached hydrogens (tertiary/aromatic N) is 2. The molecule has 0 fully saturated rings. The van der Waals surface area contributed by atoms with Crippen LogP contribution in [-0.4, -0.2) is 30.1 Å². The smallest absolute Gasteiger partial charge is 0.221 e. The summed E-state index contributed by atoms with van der Waals surface area (Å²) < 4.78 is 10.9. The molecule has 7 heteroatoms. The number of aromatic nitrogens is 2. The third-order valence-corrected chi connectivity index (χ3v) is 5.75. The summed E-state index contributed by atoms with van der Waals surface area (Å²) in [6.07, 6.45) is 0.200. The number of nitrogens with two attached hydrogens (primary N) is 1. The van der Waals surface area contributed by atoms with Crippen molar-refractivity contribution in [3.8, 4) is 22.6 Å². The van der Waals surface area contributed by atoms with E-state index in [0.29, 0.717) is 17.3 Å². The van der Waals surface area contributed by atoms with Crippen molar-refractivity contribution >= 4 is 22.6 Å². The van der Waals surface area contributed by atoms with Crippen LogP contribution in [0.25, 0.3) is 22.0 Å². The van der Waals surface area contributed by atoms with Gasteiger partial charge in [0, 0.05) is 17.5 Å². The topological polar surface area (TPSA) is 99.4 Å². The third-order valence-electron chi connectivity index (χ3n) is 5.75. The van der Waals surface area contributed by atoms with Gasteiger partial charge in [-0.3, -0.25) is 4.79 Å². The second-order valence-corrected chi connectivity index (χ2v) is 8.14. The van der Waals surface area contributed by atoms with Crippen LogP contribution in [0.1, 0.15) is 29.9 Å². The van der Waals surface area contributed by atoms with Crippen LogP contribution in [0.2, 0.25) is 0 Å². The molecule has 34 heavy (non-hydrogen) atoms. The quantitative estimate of drug-likeness (QED) is 0.394. The lowest BCUT2D eigenvalue weighted by Crippen LogP contribution is -2.14. The highest BCUT2D eigenvalue weighted by Gasteiger charge is 2.15.